The molecule has 1 aliphatic rings. The highest BCUT2D eigenvalue weighted by molar-refractivity contribution is 5.68. The Labute approximate surface area is 118 Å². The van der Waals surface area contributed by atoms with E-state index in [0.29, 0.717) is 18.7 Å². The maximum atomic E-state index is 13.9. The van der Waals surface area contributed by atoms with Crippen LogP contribution in [0.3, 0.4) is 0 Å². The average molecular weight is 280 g/mol. The van der Waals surface area contributed by atoms with Crippen LogP contribution in [-0.2, 0) is 4.74 Å². The molecule has 2 N–H and O–H groups in total. The number of benzene rings is 1. The van der Waals surface area contributed by atoms with Gasteiger partial charge in [0.05, 0.1) is 6.04 Å². The van der Waals surface area contributed by atoms with Crippen molar-refractivity contribution in [2.45, 2.75) is 38.3 Å². The third-order valence-corrected chi connectivity index (χ3v) is 3.22. The molecular formula is C15H21FN2O2. The normalized spacial score (nSPS) is 22.6. The average Bonchev–Trinajstić information content (AvgIpc) is 2.75. The SMILES string of the molecule is CC(C)(C)OC(=O)NC1CNCC1c1ccccc1F. The van der Waals surface area contributed by atoms with Gasteiger partial charge in [0.25, 0.3) is 0 Å². The van der Waals surface area contributed by atoms with Crippen LogP contribution < -0.4 is 10.6 Å². The zero-order valence-corrected chi connectivity index (χ0v) is 12.1. The molecule has 0 aromatic heterocycles. The first kappa shape index (κ1) is 14.8. The van der Waals surface area contributed by atoms with Gasteiger partial charge < -0.3 is 15.4 Å². The van der Waals surface area contributed by atoms with Crippen LogP contribution in [0.1, 0.15) is 32.3 Å². The van der Waals surface area contributed by atoms with Gasteiger partial charge in [0.1, 0.15) is 11.4 Å². The summed E-state index contributed by atoms with van der Waals surface area (Å²) >= 11 is 0. The minimum atomic E-state index is -0.538. The van der Waals surface area contributed by atoms with E-state index in [1.807, 2.05) is 20.8 Å². The van der Waals surface area contributed by atoms with Gasteiger partial charge in [-0.25, -0.2) is 9.18 Å². The van der Waals surface area contributed by atoms with Gasteiger partial charge in [-0.15, -0.1) is 0 Å². The van der Waals surface area contributed by atoms with Gasteiger partial charge in [0, 0.05) is 19.0 Å². The predicted octanol–water partition coefficient (Wildman–Crippen LogP) is 2.41. The summed E-state index contributed by atoms with van der Waals surface area (Å²) < 4.78 is 19.1. The van der Waals surface area contributed by atoms with E-state index in [-0.39, 0.29) is 17.8 Å². The lowest BCUT2D eigenvalue weighted by atomic mass is 9.94. The summed E-state index contributed by atoms with van der Waals surface area (Å²) in [7, 11) is 0. The van der Waals surface area contributed by atoms with E-state index >= 15 is 0 Å². The van der Waals surface area contributed by atoms with E-state index in [1.54, 1.807) is 18.2 Å². The summed E-state index contributed by atoms with van der Waals surface area (Å²) in [5, 5.41) is 6.00. The first-order chi connectivity index (χ1) is 9.37. The zero-order valence-electron chi connectivity index (χ0n) is 12.1. The van der Waals surface area contributed by atoms with Crippen LogP contribution in [0, 0.1) is 5.82 Å². The molecule has 1 heterocycles. The number of amides is 1. The fourth-order valence-corrected chi connectivity index (χ4v) is 2.39. The van der Waals surface area contributed by atoms with Gasteiger partial charge in [0.15, 0.2) is 0 Å². The molecule has 20 heavy (non-hydrogen) atoms. The lowest BCUT2D eigenvalue weighted by molar-refractivity contribution is 0.0504. The number of ether oxygens (including phenoxy) is 1. The third kappa shape index (κ3) is 3.70. The molecule has 1 saturated heterocycles. The molecule has 1 aliphatic heterocycles. The van der Waals surface area contributed by atoms with E-state index in [9.17, 15) is 9.18 Å². The second-order valence-electron chi connectivity index (χ2n) is 6.04. The van der Waals surface area contributed by atoms with Gasteiger partial charge >= 0.3 is 6.09 Å². The largest absolute Gasteiger partial charge is 0.444 e. The molecule has 0 aliphatic carbocycles. The summed E-state index contributed by atoms with van der Waals surface area (Å²) in [4.78, 5) is 11.8. The van der Waals surface area contributed by atoms with Gasteiger partial charge in [-0.05, 0) is 32.4 Å². The second kappa shape index (κ2) is 5.79. The van der Waals surface area contributed by atoms with Crippen LogP contribution in [-0.4, -0.2) is 30.8 Å². The van der Waals surface area contributed by atoms with Crippen molar-refractivity contribution < 1.29 is 13.9 Å². The molecule has 1 fully saturated rings. The molecule has 2 unspecified atom stereocenters. The van der Waals surface area contributed by atoms with E-state index in [0.717, 1.165) is 0 Å². The number of carbonyl (C=O) groups is 1. The molecule has 1 aromatic rings. The fourth-order valence-electron chi connectivity index (χ4n) is 2.39. The van der Waals surface area contributed by atoms with Crippen molar-refractivity contribution >= 4 is 6.09 Å². The van der Waals surface area contributed by atoms with Crippen molar-refractivity contribution in [3.05, 3.63) is 35.6 Å². The van der Waals surface area contributed by atoms with Crippen molar-refractivity contribution in [1.29, 1.82) is 0 Å². The molecule has 2 atom stereocenters. The van der Waals surface area contributed by atoms with Crippen molar-refractivity contribution in [3.63, 3.8) is 0 Å². The lowest BCUT2D eigenvalue weighted by Gasteiger charge is -2.24. The number of rotatable bonds is 2. The Morgan fingerprint density at radius 3 is 2.70 bits per heavy atom. The molecule has 110 valence electrons. The van der Waals surface area contributed by atoms with Crippen LogP contribution in [0.15, 0.2) is 24.3 Å². The van der Waals surface area contributed by atoms with Gasteiger partial charge in [0.2, 0.25) is 0 Å². The van der Waals surface area contributed by atoms with Gasteiger partial charge in [-0.2, -0.15) is 0 Å². The fraction of sp³-hybridized carbons (Fsp3) is 0.533. The summed E-state index contributed by atoms with van der Waals surface area (Å²) in [6.07, 6.45) is -0.465. The highest BCUT2D eigenvalue weighted by Gasteiger charge is 2.32. The maximum Gasteiger partial charge on any atom is 0.407 e. The molecule has 0 spiro atoms. The first-order valence-corrected chi connectivity index (χ1v) is 6.81. The number of hydrogen-bond donors (Lipinski definition) is 2. The minimum Gasteiger partial charge on any atom is -0.444 e. The van der Waals surface area contributed by atoms with E-state index < -0.39 is 11.7 Å². The molecule has 2 rings (SSSR count). The highest BCUT2D eigenvalue weighted by atomic mass is 19.1. The molecule has 0 radical (unpaired) electrons. The number of halogens is 1. The Kier molecular flexibility index (Phi) is 4.28. The Hall–Kier alpha value is -1.62. The highest BCUT2D eigenvalue weighted by Crippen LogP contribution is 2.25. The zero-order chi connectivity index (χ0) is 14.8. The summed E-state index contributed by atoms with van der Waals surface area (Å²) in [5.74, 6) is -0.319. The van der Waals surface area contributed by atoms with E-state index in [2.05, 4.69) is 10.6 Å². The summed E-state index contributed by atoms with van der Waals surface area (Å²) in [6.45, 7) is 6.69. The number of carbonyl (C=O) groups excluding carboxylic acids is 1. The maximum absolute atomic E-state index is 13.9. The molecule has 0 bridgehead atoms. The molecular weight excluding hydrogens is 259 g/mol. The molecule has 0 saturated carbocycles. The molecule has 1 amide bonds. The monoisotopic (exact) mass is 280 g/mol. The van der Waals surface area contributed by atoms with Crippen molar-refractivity contribution in [3.8, 4) is 0 Å². The topological polar surface area (TPSA) is 50.4 Å². The molecule has 1 aromatic carbocycles. The van der Waals surface area contributed by atoms with E-state index in [4.69, 9.17) is 4.74 Å². The van der Waals surface area contributed by atoms with Crippen molar-refractivity contribution in [1.82, 2.24) is 10.6 Å². The van der Waals surface area contributed by atoms with Gasteiger partial charge in [-0.3, -0.25) is 0 Å². The Morgan fingerprint density at radius 2 is 2.05 bits per heavy atom. The smallest absolute Gasteiger partial charge is 0.407 e. The molecule has 4 nitrogen and oxygen atoms in total. The Morgan fingerprint density at radius 1 is 1.35 bits per heavy atom. The van der Waals surface area contributed by atoms with Crippen molar-refractivity contribution in [2.24, 2.45) is 0 Å². The van der Waals surface area contributed by atoms with Crippen LogP contribution in [0.25, 0.3) is 0 Å². The first-order valence-electron chi connectivity index (χ1n) is 6.81. The van der Waals surface area contributed by atoms with Crippen LogP contribution >= 0.6 is 0 Å². The minimum absolute atomic E-state index is 0.0799. The second-order valence-corrected chi connectivity index (χ2v) is 6.04. The quantitative estimate of drug-likeness (QED) is 0.874. The number of nitrogens with one attached hydrogen (secondary N) is 2. The third-order valence-electron chi connectivity index (χ3n) is 3.22. The number of hydrogen-bond acceptors (Lipinski definition) is 3. The van der Waals surface area contributed by atoms with Gasteiger partial charge in [-0.1, -0.05) is 18.2 Å². The predicted molar refractivity (Wildman–Crippen MR) is 75.2 cm³/mol. The Bertz CT molecular complexity index is 485. The van der Waals surface area contributed by atoms with E-state index in [1.165, 1.54) is 6.07 Å². The summed E-state index contributed by atoms with van der Waals surface area (Å²) in [5.41, 5.74) is 0.0856. The lowest BCUT2D eigenvalue weighted by Crippen LogP contribution is -2.42. The van der Waals surface area contributed by atoms with Crippen LogP contribution in [0.2, 0.25) is 0 Å². The van der Waals surface area contributed by atoms with Crippen LogP contribution in [0.4, 0.5) is 9.18 Å². The molecule has 5 heteroatoms. The number of alkyl carbamates (subject to hydrolysis) is 1. The van der Waals surface area contributed by atoms with Crippen LogP contribution in [0.5, 0.6) is 0 Å². The Balaban J connectivity index is 2.05. The summed E-state index contributed by atoms with van der Waals surface area (Å²) in [6, 6.07) is 6.51. The standard InChI is InChI=1S/C15H21FN2O2/c1-15(2,3)20-14(19)18-13-9-17-8-11(13)10-6-4-5-7-12(10)16/h4-7,11,13,17H,8-9H2,1-3H3,(H,18,19). The van der Waals surface area contributed by atoms with Crippen molar-refractivity contribution in [2.75, 3.05) is 13.1 Å².